The number of aryl methyl sites for hydroxylation is 3. The molecule has 0 saturated heterocycles. The summed E-state index contributed by atoms with van der Waals surface area (Å²) in [7, 11) is 3.02. The van der Waals surface area contributed by atoms with Crippen molar-refractivity contribution in [1.82, 2.24) is 29.9 Å². The molecule has 2 aromatic heterocycles. The number of alkyl halides is 3. The zero-order valence-electron chi connectivity index (χ0n) is 34.6. The summed E-state index contributed by atoms with van der Waals surface area (Å²) in [6, 6.07) is 38.2. The van der Waals surface area contributed by atoms with Crippen LogP contribution in [0.5, 0.6) is 23.0 Å². The summed E-state index contributed by atoms with van der Waals surface area (Å²) >= 11 is 0. The number of nitrogens with zero attached hydrogens (tertiary/aromatic N) is 7. The van der Waals surface area contributed by atoms with Gasteiger partial charge in [0.1, 0.15) is 23.0 Å². The van der Waals surface area contributed by atoms with Crippen LogP contribution in [0.3, 0.4) is 0 Å². The van der Waals surface area contributed by atoms with Gasteiger partial charge < -0.3 is 19.7 Å². The monoisotopic (exact) mass is 845 g/mol. The summed E-state index contributed by atoms with van der Waals surface area (Å²) in [5, 5.41) is 30.4. The molecule has 63 heavy (non-hydrogen) atoms. The van der Waals surface area contributed by atoms with Crippen LogP contribution in [0.1, 0.15) is 27.8 Å². The Morgan fingerprint density at radius 2 is 0.873 bits per heavy atom. The molecule has 2 N–H and O–H groups in total. The Kier molecular flexibility index (Phi) is 12.4. The fourth-order valence-electron chi connectivity index (χ4n) is 6.73. The number of hydrogen-bond acceptors (Lipinski definition) is 11. The summed E-state index contributed by atoms with van der Waals surface area (Å²) in [6.07, 6.45) is -4.45. The van der Waals surface area contributed by atoms with Gasteiger partial charge in [-0.1, -0.05) is 66.7 Å². The minimum atomic E-state index is -4.45. The van der Waals surface area contributed by atoms with Gasteiger partial charge in [0.15, 0.2) is 34.9 Å². The van der Waals surface area contributed by atoms with Gasteiger partial charge in [-0.3, -0.25) is 0 Å². The van der Waals surface area contributed by atoms with Gasteiger partial charge in [0.05, 0.1) is 42.5 Å². The number of aromatic hydroxyl groups is 2. The van der Waals surface area contributed by atoms with E-state index in [1.54, 1.807) is 31.4 Å². The van der Waals surface area contributed by atoms with E-state index in [1.807, 2.05) is 86.6 Å². The lowest BCUT2D eigenvalue weighted by Crippen LogP contribution is -2.07. The van der Waals surface area contributed by atoms with Gasteiger partial charge in [-0.25, -0.2) is 29.9 Å². The predicted molar refractivity (Wildman–Crippen MR) is 233 cm³/mol. The third-order valence-electron chi connectivity index (χ3n) is 9.92. The quantitative estimate of drug-likeness (QED) is 0.150. The molecule has 314 valence electrons. The van der Waals surface area contributed by atoms with Crippen molar-refractivity contribution >= 4 is 0 Å². The van der Waals surface area contributed by atoms with Crippen molar-refractivity contribution in [3.05, 3.63) is 155 Å². The first-order chi connectivity index (χ1) is 30.3. The Bertz CT molecular complexity index is 2970. The molecule has 0 amide bonds. The molecule has 6 aromatic carbocycles. The van der Waals surface area contributed by atoms with Crippen molar-refractivity contribution in [2.75, 3.05) is 14.2 Å². The van der Waals surface area contributed by atoms with E-state index in [2.05, 4.69) is 36.0 Å². The summed E-state index contributed by atoms with van der Waals surface area (Å²) in [4.78, 5) is 27.4. The van der Waals surface area contributed by atoms with Crippen molar-refractivity contribution in [2.24, 2.45) is 0 Å². The number of nitriles is 1. The number of phenols is 2. The summed E-state index contributed by atoms with van der Waals surface area (Å²) in [6.45, 7) is 5.18. The Balaban J connectivity index is 0.000000189. The van der Waals surface area contributed by atoms with E-state index in [-0.39, 0.29) is 28.7 Å². The molecule has 0 saturated carbocycles. The topological polar surface area (TPSA) is 160 Å². The molecule has 8 rings (SSSR count). The molecule has 0 aliphatic heterocycles. The number of ether oxygens (including phenoxy) is 2. The second kappa shape index (κ2) is 18.2. The first kappa shape index (κ1) is 42.9. The number of phenolic OH excluding ortho intramolecular Hbond substituents is 2. The van der Waals surface area contributed by atoms with E-state index in [9.17, 15) is 28.6 Å². The van der Waals surface area contributed by atoms with Gasteiger partial charge in [0.2, 0.25) is 0 Å². The van der Waals surface area contributed by atoms with Gasteiger partial charge in [-0.2, -0.15) is 18.4 Å². The van der Waals surface area contributed by atoms with E-state index in [4.69, 9.17) is 9.47 Å². The van der Waals surface area contributed by atoms with Crippen molar-refractivity contribution in [1.29, 1.82) is 5.26 Å². The molecule has 0 aliphatic carbocycles. The highest BCUT2D eigenvalue weighted by atomic mass is 19.4. The average Bonchev–Trinajstić information content (AvgIpc) is 3.28. The minimum Gasteiger partial charge on any atom is -0.507 e. The summed E-state index contributed by atoms with van der Waals surface area (Å²) in [5.74, 6) is 2.95. The molecule has 14 heteroatoms. The third-order valence-corrected chi connectivity index (χ3v) is 9.92. The van der Waals surface area contributed by atoms with Crippen molar-refractivity contribution in [2.45, 2.75) is 26.9 Å². The van der Waals surface area contributed by atoms with Crippen LogP contribution in [0.25, 0.3) is 68.3 Å². The molecular weight excluding hydrogens is 808 g/mol. The molecule has 0 aliphatic rings. The van der Waals surface area contributed by atoms with Crippen molar-refractivity contribution in [3.8, 4) is 97.4 Å². The van der Waals surface area contributed by atoms with Crippen LogP contribution in [0.4, 0.5) is 13.2 Å². The zero-order valence-corrected chi connectivity index (χ0v) is 34.6. The summed E-state index contributed by atoms with van der Waals surface area (Å²) in [5.41, 5.74) is 5.25. The van der Waals surface area contributed by atoms with Crippen LogP contribution in [0, 0.1) is 32.1 Å². The Morgan fingerprint density at radius 3 is 1.25 bits per heavy atom. The number of aromatic nitrogens is 6. The smallest absolute Gasteiger partial charge is 0.416 e. The fourth-order valence-corrected chi connectivity index (χ4v) is 6.73. The lowest BCUT2D eigenvalue weighted by atomic mass is 10.00. The lowest BCUT2D eigenvalue weighted by molar-refractivity contribution is -0.138. The second-order valence-electron chi connectivity index (χ2n) is 14.2. The molecule has 0 bridgehead atoms. The fraction of sp³-hybridized carbons (Fsp3) is 0.122. The van der Waals surface area contributed by atoms with Crippen LogP contribution in [-0.2, 0) is 6.18 Å². The van der Waals surface area contributed by atoms with Gasteiger partial charge >= 0.3 is 6.18 Å². The van der Waals surface area contributed by atoms with Crippen LogP contribution in [0.2, 0.25) is 0 Å². The number of rotatable bonds is 8. The van der Waals surface area contributed by atoms with Gasteiger partial charge in [-0.15, -0.1) is 0 Å². The van der Waals surface area contributed by atoms with Gasteiger partial charge in [-0.05, 0) is 86.0 Å². The number of methoxy groups -OCH3 is 2. The SMILES string of the molecule is COc1ccc(-c2nc(-c3ccccc3)nc(-c3cc(C)c(C#N)c(C)c3)n2)c(O)c1.COc1ccc(-c2nc(-c3ccccc3)nc(-c3ccc(C(F)(F)F)c(C)c3)n2)c(O)c1. The molecule has 0 radical (unpaired) electrons. The maximum absolute atomic E-state index is 13.2. The van der Waals surface area contributed by atoms with Crippen LogP contribution >= 0.6 is 0 Å². The van der Waals surface area contributed by atoms with Gasteiger partial charge in [0, 0.05) is 34.4 Å². The van der Waals surface area contributed by atoms with E-state index in [0.717, 1.165) is 28.3 Å². The van der Waals surface area contributed by atoms with Crippen LogP contribution in [-0.4, -0.2) is 54.3 Å². The molecular formula is C49H38F3N7O4. The van der Waals surface area contributed by atoms with Gasteiger partial charge in [0.25, 0.3) is 0 Å². The Labute approximate surface area is 360 Å². The number of halogens is 3. The molecule has 0 atom stereocenters. The highest BCUT2D eigenvalue weighted by molar-refractivity contribution is 5.73. The largest absolute Gasteiger partial charge is 0.507 e. The number of hydrogen-bond donors (Lipinski definition) is 2. The zero-order chi connectivity index (χ0) is 44.8. The van der Waals surface area contributed by atoms with Crippen LogP contribution in [0.15, 0.2) is 127 Å². The minimum absolute atomic E-state index is 0.0164. The van der Waals surface area contributed by atoms with Crippen LogP contribution < -0.4 is 9.47 Å². The molecule has 11 nitrogen and oxygen atoms in total. The first-order valence-corrected chi connectivity index (χ1v) is 19.3. The Hall–Kier alpha value is -8.18. The second-order valence-corrected chi connectivity index (χ2v) is 14.2. The molecule has 2 heterocycles. The molecule has 0 spiro atoms. The third kappa shape index (κ3) is 9.58. The van der Waals surface area contributed by atoms with Crippen molar-refractivity contribution < 1.29 is 32.9 Å². The highest BCUT2D eigenvalue weighted by Gasteiger charge is 2.32. The van der Waals surface area contributed by atoms with E-state index in [0.29, 0.717) is 62.6 Å². The normalized spacial score (nSPS) is 11.0. The maximum Gasteiger partial charge on any atom is 0.416 e. The van der Waals surface area contributed by atoms with Crippen molar-refractivity contribution in [3.63, 3.8) is 0 Å². The molecule has 0 fully saturated rings. The average molecular weight is 846 g/mol. The predicted octanol–water partition coefficient (Wildman–Crippen LogP) is 11.0. The van der Waals surface area contributed by atoms with E-state index in [1.165, 1.54) is 38.3 Å². The maximum atomic E-state index is 13.2. The Morgan fingerprint density at radius 1 is 0.476 bits per heavy atom. The lowest BCUT2D eigenvalue weighted by Gasteiger charge is -2.13. The standard InChI is InChI=1S/C25H20N4O2.C24H18F3N3O2/c1-15-11-18(12-16(2)21(15)14-26)24-27-23(17-7-5-4-6-8-17)28-25(29-24)20-10-9-19(31-3)13-22(20)30;1-14-12-16(8-11-19(14)24(25,26)27)22-28-21(15-6-4-3-5-7-15)29-23(30-22)18-10-9-17(32-2)13-20(18)31/h4-13,30H,1-3H3;3-13,31H,1-2H3. The van der Waals surface area contributed by atoms with E-state index >= 15 is 0 Å². The number of benzene rings is 6. The van der Waals surface area contributed by atoms with E-state index < -0.39 is 11.7 Å². The first-order valence-electron chi connectivity index (χ1n) is 19.3. The highest BCUT2D eigenvalue weighted by Crippen LogP contribution is 2.37. The molecule has 0 unspecified atom stereocenters. The summed E-state index contributed by atoms with van der Waals surface area (Å²) < 4.78 is 49.8. The molecule has 8 aromatic rings.